The van der Waals surface area contributed by atoms with Gasteiger partial charge in [0, 0.05) is 18.7 Å². The predicted molar refractivity (Wildman–Crippen MR) is 76.5 cm³/mol. The number of rotatable bonds is 4. The molecule has 6 nitrogen and oxygen atoms in total. The molecule has 0 unspecified atom stereocenters. The van der Waals surface area contributed by atoms with Crippen molar-refractivity contribution in [3.63, 3.8) is 0 Å². The van der Waals surface area contributed by atoms with E-state index >= 15 is 0 Å². The average Bonchev–Trinajstić information content (AvgIpc) is 2.81. The molecule has 2 amide bonds. The number of carbonyl (C=O) groups excluding carboxylic acids is 3. The molecular weight excluding hydrogens is 272 g/mol. The molecule has 1 aromatic rings. The Labute approximate surface area is 122 Å². The van der Waals surface area contributed by atoms with Crippen molar-refractivity contribution >= 4 is 23.5 Å². The summed E-state index contributed by atoms with van der Waals surface area (Å²) in [6, 6.07) is 5.71. The lowest BCUT2D eigenvalue weighted by atomic mass is 10.1. The highest BCUT2D eigenvalue weighted by Crippen LogP contribution is 2.29. The highest BCUT2D eigenvalue weighted by molar-refractivity contribution is 6.00. The maximum atomic E-state index is 12.1. The van der Waals surface area contributed by atoms with Crippen molar-refractivity contribution in [3.05, 3.63) is 29.3 Å². The van der Waals surface area contributed by atoms with Crippen LogP contribution in [0.5, 0.6) is 0 Å². The monoisotopic (exact) mass is 290 g/mol. The molecule has 0 aliphatic carbocycles. The summed E-state index contributed by atoms with van der Waals surface area (Å²) in [5.41, 5.74) is 7.83. The van der Waals surface area contributed by atoms with E-state index in [1.165, 1.54) is 0 Å². The van der Waals surface area contributed by atoms with Crippen LogP contribution in [0.25, 0.3) is 0 Å². The summed E-state index contributed by atoms with van der Waals surface area (Å²) in [6.45, 7) is 3.72. The van der Waals surface area contributed by atoms with Gasteiger partial charge in [0.2, 0.25) is 5.91 Å². The normalized spacial score (nSPS) is 17.9. The smallest absolute Gasteiger partial charge is 0.311 e. The van der Waals surface area contributed by atoms with E-state index in [0.29, 0.717) is 0 Å². The number of hydrogen-bond donors (Lipinski definition) is 1. The second kappa shape index (κ2) is 5.95. The van der Waals surface area contributed by atoms with E-state index in [9.17, 15) is 14.4 Å². The summed E-state index contributed by atoms with van der Waals surface area (Å²) >= 11 is 0. The van der Waals surface area contributed by atoms with Gasteiger partial charge >= 0.3 is 5.97 Å². The highest BCUT2D eigenvalue weighted by atomic mass is 16.5. The number of amides is 2. The third-order valence-corrected chi connectivity index (χ3v) is 3.68. The van der Waals surface area contributed by atoms with Crippen molar-refractivity contribution in [2.45, 2.75) is 20.3 Å². The number of anilines is 1. The van der Waals surface area contributed by atoms with E-state index in [1.807, 2.05) is 32.0 Å². The van der Waals surface area contributed by atoms with Gasteiger partial charge in [0.15, 0.2) is 6.61 Å². The van der Waals surface area contributed by atoms with Crippen molar-refractivity contribution in [3.8, 4) is 0 Å². The van der Waals surface area contributed by atoms with Crippen molar-refractivity contribution in [1.29, 1.82) is 0 Å². The highest BCUT2D eigenvalue weighted by Gasteiger charge is 2.36. The van der Waals surface area contributed by atoms with Crippen LogP contribution in [0.3, 0.4) is 0 Å². The van der Waals surface area contributed by atoms with Gasteiger partial charge in [-0.15, -0.1) is 0 Å². The Kier molecular flexibility index (Phi) is 4.26. The first-order valence-corrected chi connectivity index (χ1v) is 6.71. The molecule has 1 fully saturated rings. The van der Waals surface area contributed by atoms with E-state index in [0.717, 1.165) is 16.8 Å². The van der Waals surface area contributed by atoms with Crippen LogP contribution in [0, 0.1) is 19.8 Å². The van der Waals surface area contributed by atoms with E-state index in [1.54, 1.807) is 4.90 Å². The Balaban J connectivity index is 2.11. The van der Waals surface area contributed by atoms with Crippen molar-refractivity contribution in [1.82, 2.24) is 0 Å². The van der Waals surface area contributed by atoms with Crippen molar-refractivity contribution < 1.29 is 19.1 Å². The Bertz CT molecular complexity index is 597. The molecule has 0 radical (unpaired) electrons. The number of nitrogens with two attached hydrogens (primary N) is 1. The minimum atomic E-state index is -0.709. The molecule has 6 heteroatoms. The van der Waals surface area contributed by atoms with E-state index in [4.69, 9.17) is 10.5 Å². The Morgan fingerprint density at radius 1 is 1.38 bits per heavy atom. The summed E-state index contributed by atoms with van der Waals surface area (Å²) in [4.78, 5) is 36.1. The second-order valence-electron chi connectivity index (χ2n) is 5.20. The fourth-order valence-corrected chi connectivity index (χ4v) is 2.39. The quantitative estimate of drug-likeness (QED) is 0.826. The van der Waals surface area contributed by atoms with Crippen LogP contribution in [0.2, 0.25) is 0 Å². The molecule has 0 bridgehead atoms. The van der Waals surface area contributed by atoms with Crippen LogP contribution in [-0.2, 0) is 19.1 Å². The number of hydrogen-bond acceptors (Lipinski definition) is 4. The maximum absolute atomic E-state index is 12.1. The zero-order valence-electron chi connectivity index (χ0n) is 12.1. The zero-order chi connectivity index (χ0) is 15.6. The van der Waals surface area contributed by atoms with Crippen molar-refractivity contribution in [2.75, 3.05) is 18.1 Å². The number of ether oxygens (including phenoxy) is 1. The molecule has 1 aromatic carbocycles. The predicted octanol–water partition coefficient (Wildman–Crippen LogP) is 0.685. The second-order valence-corrected chi connectivity index (χ2v) is 5.20. The van der Waals surface area contributed by atoms with Gasteiger partial charge in [-0.2, -0.15) is 0 Å². The zero-order valence-corrected chi connectivity index (χ0v) is 12.1. The van der Waals surface area contributed by atoms with Crippen LogP contribution in [0.4, 0.5) is 5.69 Å². The molecule has 0 aromatic heterocycles. The van der Waals surface area contributed by atoms with Gasteiger partial charge in [-0.05, 0) is 31.0 Å². The van der Waals surface area contributed by atoms with Gasteiger partial charge in [0.25, 0.3) is 5.91 Å². The number of primary amides is 1. The number of aryl methyl sites for hydroxylation is 1. The van der Waals surface area contributed by atoms with Gasteiger partial charge in [-0.3, -0.25) is 14.4 Å². The van der Waals surface area contributed by atoms with E-state index in [-0.39, 0.29) is 18.9 Å². The molecule has 2 N–H and O–H groups in total. The lowest BCUT2D eigenvalue weighted by Gasteiger charge is -2.20. The molecule has 1 aliphatic rings. The SMILES string of the molecule is Cc1cccc(N2C[C@H](C(=O)OCC(N)=O)CC2=O)c1C. The van der Waals surface area contributed by atoms with Crippen LogP contribution >= 0.6 is 0 Å². The molecule has 1 saturated heterocycles. The van der Waals surface area contributed by atoms with Crippen LogP contribution in [0.1, 0.15) is 17.5 Å². The molecular formula is C15H18N2O4. The van der Waals surface area contributed by atoms with Gasteiger partial charge in [-0.25, -0.2) is 0 Å². The Morgan fingerprint density at radius 2 is 2.10 bits per heavy atom. The summed E-state index contributed by atoms with van der Waals surface area (Å²) in [5.74, 6) is -1.95. The Hall–Kier alpha value is -2.37. The van der Waals surface area contributed by atoms with Crippen LogP contribution < -0.4 is 10.6 Å². The first kappa shape index (κ1) is 15.0. The minimum Gasteiger partial charge on any atom is -0.455 e. The first-order chi connectivity index (χ1) is 9.90. The molecule has 21 heavy (non-hydrogen) atoms. The number of nitrogens with zero attached hydrogens (tertiary/aromatic N) is 1. The van der Waals surface area contributed by atoms with Crippen LogP contribution in [0.15, 0.2) is 18.2 Å². The lowest BCUT2D eigenvalue weighted by Crippen LogP contribution is -2.28. The standard InChI is InChI=1S/C15H18N2O4/c1-9-4-3-5-12(10(9)2)17-7-11(6-14(17)19)15(20)21-8-13(16)18/h3-5,11H,6-8H2,1-2H3,(H2,16,18)/t11-/m1/s1. The fraction of sp³-hybridized carbons (Fsp3) is 0.400. The lowest BCUT2D eigenvalue weighted by molar-refractivity contribution is -0.151. The molecule has 1 atom stereocenters. The van der Waals surface area contributed by atoms with Gasteiger partial charge in [-0.1, -0.05) is 12.1 Å². The Morgan fingerprint density at radius 3 is 2.76 bits per heavy atom. The summed E-state index contributed by atoms with van der Waals surface area (Å²) in [5, 5.41) is 0. The maximum Gasteiger partial charge on any atom is 0.311 e. The number of carbonyl (C=O) groups is 3. The molecule has 0 saturated carbocycles. The minimum absolute atomic E-state index is 0.0883. The molecule has 1 heterocycles. The topological polar surface area (TPSA) is 89.7 Å². The summed E-state index contributed by atoms with van der Waals surface area (Å²) in [6.07, 6.45) is 0.0883. The largest absolute Gasteiger partial charge is 0.455 e. The van der Waals surface area contributed by atoms with E-state index < -0.39 is 24.4 Å². The first-order valence-electron chi connectivity index (χ1n) is 6.71. The van der Waals surface area contributed by atoms with Crippen molar-refractivity contribution in [2.24, 2.45) is 11.7 Å². The van der Waals surface area contributed by atoms with Gasteiger partial charge in [0.1, 0.15) is 0 Å². The number of esters is 1. The third-order valence-electron chi connectivity index (χ3n) is 3.68. The average molecular weight is 290 g/mol. The molecule has 2 rings (SSSR count). The molecule has 1 aliphatic heterocycles. The summed E-state index contributed by atoms with van der Waals surface area (Å²) < 4.78 is 4.78. The fourth-order valence-electron chi connectivity index (χ4n) is 2.39. The number of benzene rings is 1. The van der Waals surface area contributed by atoms with Gasteiger partial charge < -0.3 is 15.4 Å². The van der Waals surface area contributed by atoms with Gasteiger partial charge in [0.05, 0.1) is 5.92 Å². The van der Waals surface area contributed by atoms with Crippen LogP contribution in [-0.4, -0.2) is 30.9 Å². The van der Waals surface area contributed by atoms with E-state index in [2.05, 4.69) is 0 Å². The third kappa shape index (κ3) is 3.21. The molecule has 0 spiro atoms. The summed E-state index contributed by atoms with van der Waals surface area (Å²) in [7, 11) is 0. The molecule has 112 valence electrons.